The van der Waals surface area contributed by atoms with Crippen LogP contribution in [-0.2, 0) is 19.1 Å². The van der Waals surface area contributed by atoms with Crippen LogP contribution in [0.15, 0.2) is 0 Å². The predicted octanol–water partition coefficient (Wildman–Crippen LogP) is 0.216. The maximum atomic E-state index is 10.9. The van der Waals surface area contributed by atoms with Crippen molar-refractivity contribution < 1.29 is 22.5 Å². The van der Waals surface area contributed by atoms with Crippen LogP contribution in [0, 0.1) is 0 Å². The topological polar surface area (TPSA) is 80.7 Å². The van der Waals surface area contributed by atoms with Crippen molar-refractivity contribution >= 4 is 16.1 Å². The second-order valence-electron chi connectivity index (χ2n) is 2.34. The summed E-state index contributed by atoms with van der Waals surface area (Å²) in [5.41, 5.74) is 0. The maximum absolute atomic E-state index is 10.9. The molecule has 6 heteroatoms. The summed E-state index contributed by atoms with van der Waals surface area (Å²) < 4.78 is 26.0. The van der Waals surface area contributed by atoms with Gasteiger partial charge < -0.3 is 5.11 Å². The molecule has 0 aromatic rings. The first-order valence-corrected chi connectivity index (χ1v) is 5.10. The largest absolute Gasteiger partial charge is 0.479 e. The Morgan fingerprint density at radius 2 is 2.08 bits per heavy atom. The highest BCUT2D eigenvalue weighted by Crippen LogP contribution is 2.01. The monoisotopic (exact) mass is 196 g/mol. The minimum absolute atomic E-state index is 0.148. The van der Waals surface area contributed by atoms with Crippen LogP contribution in [0.1, 0.15) is 20.3 Å². The highest BCUT2D eigenvalue weighted by Gasteiger charge is 2.19. The zero-order valence-corrected chi connectivity index (χ0v) is 7.80. The van der Waals surface area contributed by atoms with E-state index in [4.69, 9.17) is 5.11 Å². The Hall–Kier alpha value is -0.620. The van der Waals surface area contributed by atoms with Gasteiger partial charge in [0.15, 0.2) is 6.10 Å². The predicted molar refractivity (Wildman–Crippen MR) is 42.3 cm³/mol. The molecule has 0 bridgehead atoms. The summed E-state index contributed by atoms with van der Waals surface area (Å²) in [6, 6.07) is 0. The Balaban J connectivity index is 4.16. The first kappa shape index (κ1) is 11.4. The van der Waals surface area contributed by atoms with Gasteiger partial charge >= 0.3 is 5.97 Å². The molecule has 0 aromatic heterocycles. The summed E-state index contributed by atoms with van der Waals surface area (Å²) in [4.78, 5) is 10.2. The molecule has 0 radical (unpaired) electrons. The van der Waals surface area contributed by atoms with Gasteiger partial charge in [-0.3, -0.25) is 4.18 Å². The molecule has 0 heterocycles. The molecule has 0 aliphatic carbocycles. The third-order valence-electron chi connectivity index (χ3n) is 1.09. The fourth-order valence-electron chi connectivity index (χ4n) is 0.559. The lowest BCUT2D eigenvalue weighted by Crippen LogP contribution is -2.25. The van der Waals surface area contributed by atoms with Crippen LogP contribution < -0.4 is 0 Å². The molecule has 0 amide bonds. The number of carboxylic acids is 1. The zero-order valence-electron chi connectivity index (χ0n) is 6.98. The lowest BCUT2D eigenvalue weighted by Gasteiger charge is -2.07. The Labute approximate surface area is 71.5 Å². The molecule has 0 rings (SSSR count). The van der Waals surface area contributed by atoms with Gasteiger partial charge in [0, 0.05) is 0 Å². The van der Waals surface area contributed by atoms with Gasteiger partial charge in [-0.2, -0.15) is 8.42 Å². The maximum Gasteiger partial charge on any atom is 0.334 e. The van der Waals surface area contributed by atoms with E-state index < -0.39 is 22.2 Å². The molecular formula is C6H12O5S. The van der Waals surface area contributed by atoms with E-state index in [1.54, 1.807) is 6.92 Å². The fourth-order valence-corrected chi connectivity index (χ4v) is 1.68. The first-order chi connectivity index (χ1) is 5.39. The Morgan fingerprint density at radius 1 is 1.58 bits per heavy atom. The summed E-state index contributed by atoms with van der Waals surface area (Å²) in [6.07, 6.45) is -0.893. The van der Waals surface area contributed by atoms with E-state index in [2.05, 4.69) is 4.18 Å². The third-order valence-corrected chi connectivity index (χ3v) is 2.58. The van der Waals surface area contributed by atoms with Crippen LogP contribution in [0.25, 0.3) is 0 Å². The van der Waals surface area contributed by atoms with Crippen molar-refractivity contribution in [3.05, 3.63) is 0 Å². The summed E-state index contributed by atoms with van der Waals surface area (Å²) in [5.74, 6) is -1.43. The molecule has 0 aliphatic rings. The third kappa shape index (κ3) is 4.30. The van der Waals surface area contributed by atoms with E-state index >= 15 is 0 Å². The van der Waals surface area contributed by atoms with Crippen molar-refractivity contribution in [1.82, 2.24) is 0 Å². The van der Waals surface area contributed by atoms with Crippen LogP contribution in [0.4, 0.5) is 0 Å². The van der Waals surface area contributed by atoms with Crippen molar-refractivity contribution in [1.29, 1.82) is 0 Å². The molecular weight excluding hydrogens is 184 g/mol. The Kier molecular flexibility index (Phi) is 4.19. The minimum atomic E-state index is -3.66. The molecule has 0 fully saturated rings. The van der Waals surface area contributed by atoms with Crippen LogP contribution in [0.5, 0.6) is 0 Å². The molecule has 72 valence electrons. The van der Waals surface area contributed by atoms with Gasteiger partial charge in [-0.05, 0) is 13.3 Å². The Bertz CT molecular complexity index is 243. The highest BCUT2D eigenvalue weighted by molar-refractivity contribution is 7.86. The molecule has 0 aliphatic heterocycles. The molecule has 1 unspecified atom stereocenters. The van der Waals surface area contributed by atoms with E-state index in [0.717, 1.165) is 0 Å². The molecule has 5 nitrogen and oxygen atoms in total. The first-order valence-electron chi connectivity index (χ1n) is 3.53. The van der Waals surface area contributed by atoms with Gasteiger partial charge in [0.2, 0.25) is 0 Å². The van der Waals surface area contributed by atoms with Crippen molar-refractivity contribution in [3.63, 3.8) is 0 Å². The molecule has 1 N–H and O–H groups in total. The fraction of sp³-hybridized carbons (Fsp3) is 0.833. The van der Waals surface area contributed by atoms with Gasteiger partial charge in [-0.15, -0.1) is 0 Å². The molecule has 0 saturated heterocycles. The van der Waals surface area contributed by atoms with E-state index in [1.165, 1.54) is 6.92 Å². The summed E-state index contributed by atoms with van der Waals surface area (Å²) >= 11 is 0. The summed E-state index contributed by atoms with van der Waals surface area (Å²) in [7, 11) is -3.66. The average Bonchev–Trinajstić information content (AvgIpc) is 1.85. The SMILES string of the molecule is CCCS(=O)(=O)OC(C)C(=O)O. The molecule has 12 heavy (non-hydrogen) atoms. The quantitative estimate of drug-likeness (QED) is 0.636. The van der Waals surface area contributed by atoms with Gasteiger partial charge in [0.05, 0.1) is 5.75 Å². The van der Waals surface area contributed by atoms with Gasteiger partial charge in [-0.1, -0.05) is 6.92 Å². The number of hydrogen-bond donors (Lipinski definition) is 1. The smallest absolute Gasteiger partial charge is 0.334 e. The molecule has 1 atom stereocenters. The second kappa shape index (κ2) is 4.42. The Morgan fingerprint density at radius 3 is 2.42 bits per heavy atom. The zero-order chi connectivity index (χ0) is 9.78. The normalized spacial score (nSPS) is 14.2. The van der Waals surface area contributed by atoms with E-state index in [0.29, 0.717) is 6.42 Å². The van der Waals surface area contributed by atoms with E-state index in [9.17, 15) is 13.2 Å². The molecule has 0 spiro atoms. The van der Waals surface area contributed by atoms with Crippen LogP contribution in [0.2, 0.25) is 0 Å². The van der Waals surface area contributed by atoms with Crippen molar-refractivity contribution in [3.8, 4) is 0 Å². The number of rotatable bonds is 5. The van der Waals surface area contributed by atoms with Gasteiger partial charge in [-0.25, -0.2) is 4.79 Å². The summed E-state index contributed by atoms with van der Waals surface area (Å²) in [5, 5.41) is 8.32. The van der Waals surface area contributed by atoms with Gasteiger partial charge in [0.1, 0.15) is 0 Å². The van der Waals surface area contributed by atoms with Crippen molar-refractivity contribution in [2.24, 2.45) is 0 Å². The average molecular weight is 196 g/mol. The molecule has 0 aromatic carbocycles. The number of carbonyl (C=O) groups is 1. The second-order valence-corrected chi connectivity index (χ2v) is 4.05. The van der Waals surface area contributed by atoms with Crippen molar-refractivity contribution in [2.75, 3.05) is 5.75 Å². The number of aliphatic carboxylic acids is 1. The minimum Gasteiger partial charge on any atom is -0.479 e. The number of carboxylic acid groups (broad SMARTS) is 1. The standard InChI is InChI=1S/C6H12O5S/c1-3-4-12(9,10)11-5(2)6(7)8/h5H,3-4H2,1-2H3,(H,7,8). The lowest BCUT2D eigenvalue weighted by molar-refractivity contribution is -0.144. The highest BCUT2D eigenvalue weighted by atomic mass is 32.2. The van der Waals surface area contributed by atoms with E-state index in [1.807, 2.05) is 0 Å². The van der Waals surface area contributed by atoms with Crippen LogP contribution >= 0.6 is 0 Å². The van der Waals surface area contributed by atoms with Crippen molar-refractivity contribution in [2.45, 2.75) is 26.4 Å². The van der Waals surface area contributed by atoms with Crippen LogP contribution in [-0.4, -0.2) is 31.4 Å². The van der Waals surface area contributed by atoms with E-state index in [-0.39, 0.29) is 5.75 Å². The molecule has 0 saturated carbocycles. The number of hydrogen-bond acceptors (Lipinski definition) is 4. The summed E-state index contributed by atoms with van der Waals surface area (Å²) in [6.45, 7) is 2.85. The lowest BCUT2D eigenvalue weighted by atomic mass is 10.4. The van der Waals surface area contributed by atoms with Crippen LogP contribution in [0.3, 0.4) is 0 Å². The van der Waals surface area contributed by atoms with Gasteiger partial charge in [0.25, 0.3) is 10.1 Å².